The molecule has 0 saturated heterocycles. The third-order valence-electron chi connectivity index (χ3n) is 2.92. The quantitative estimate of drug-likeness (QED) is 0.826. The van der Waals surface area contributed by atoms with Gasteiger partial charge in [-0.25, -0.2) is 4.98 Å². The van der Waals surface area contributed by atoms with Gasteiger partial charge in [-0.2, -0.15) is 0 Å². The Morgan fingerprint density at radius 1 is 1.29 bits per heavy atom. The van der Waals surface area contributed by atoms with Crippen molar-refractivity contribution in [2.45, 2.75) is 34.1 Å². The zero-order valence-electron chi connectivity index (χ0n) is 11.5. The highest BCUT2D eigenvalue weighted by Gasteiger charge is 2.17. The second kappa shape index (κ2) is 5.96. The number of anilines is 1. The Hall–Kier alpha value is -1.16. The standard InChI is InChI=1S/C13H23N3O/c1-10-11(2)16-12(8-14-10)15-9-13(3,4)6-7-17-5/h8H,6-7,9H2,1-5H3,(H,15,16). The highest BCUT2D eigenvalue weighted by molar-refractivity contribution is 5.33. The maximum atomic E-state index is 5.11. The number of hydrogen-bond donors (Lipinski definition) is 1. The van der Waals surface area contributed by atoms with E-state index < -0.39 is 0 Å². The van der Waals surface area contributed by atoms with Crippen LogP contribution in [0.15, 0.2) is 6.20 Å². The van der Waals surface area contributed by atoms with Crippen molar-refractivity contribution >= 4 is 5.82 Å². The maximum Gasteiger partial charge on any atom is 0.144 e. The molecule has 0 radical (unpaired) electrons. The van der Waals surface area contributed by atoms with Gasteiger partial charge >= 0.3 is 0 Å². The summed E-state index contributed by atoms with van der Waals surface area (Å²) >= 11 is 0. The lowest BCUT2D eigenvalue weighted by molar-refractivity contribution is 0.157. The summed E-state index contributed by atoms with van der Waals surface area (Å²) in [4.78, 5) is 8.74. The van der Waals surface area contributed by atoms with Gasteiger partial charge in [0.25, 0.3) is 0 Å². The average molecular weight is 237 g/mol. The van der Waals surface area contributed by atoms with Crippen LogP contribution >= 0.6 is 0 Å². The molecule has 96 valence electrons. The van der Waals surface area contributed by atoms with Crippen molar-refractivity contribution in [2.75, 3.05) is 25.6 Å². The van der Waals surface area contributed by atoms with Crippen LogP contribution in [0.3, 0.4) is 0 Å². The minimum Gasteiger partial charge on any atom is -0.385 e. The first-order valence-corrected chi connectivity index (χ1v) is 5.98. The summed E-state index contributed by atoms with van der Waals surface area (Å²) in [5, 5.41) is 3.33. The van der Waals surface area contributed by atoms with Crippen LogP contribution in [-0.2, 0) is 4.74 Å². The Kier molecular flexibility index (Phi) is 4.87. The van der Waals surface area contributed by atoms with Gasteiger partial charge in [-0.15, -0.1) is 0 Å². The summed E-state index contributed by atoms with van der Waals surface area (Å²) < 4.78 is 5.11. The molecule has 0 bridgehead atoms. The van der Waals surface area contributed by atoms with Crippen LogP contribution in [0.25, 0.3) is 0 Å². The Bertz CT molecular complexity index is 364. The molecule has 0 aliphatic heterocycles. The zero-order valence-corrected chi connectivity index (χ0v) is 11.5. The van der Waals surface area contributed by atoms with Crippen LogP contribution in [0, 0.1) is 19.3 Å². The molecule has 0 aromatic carbocycles. The number of rotatable bonds is 6. The van der Waals surface area contributed by atoms with Crippen molar-refractivity contribution in [1.82, 2.24) is 9.97 Å². The fraction of sp³-hybridized carbons (Fsp3) is 0.692. The van der Waals surface area contributed by atoms with Gasteiger partial charge in [0.15, 0.2) is 0 Å². The molecule has 1 aromatic heterocycles. The first-order chi connectivity index (χ1) is 7.94. The fourth-order valence-corrected chi connectivity index (χ4v) is 1.42. The molecule has 1 aromatic rings. The van der Waals surface area contributed by atoms with Crippen LogP contribution in [0.4, 0.5) is 5.82 Å². The van der Waals surface area contributed by atoms with E-state index >= 15 is 0 Å². The molecule has 4 nitrogen and oxygen atoms in total. The van der Waals surface area contributed by atoms with Gasteiger partial charge in [-0.3, -0.25) is 4.98 Å². The first kappa shape index (κ1) is 13.9. The largest absolute Gasteiger partial charge is 0.385 e. The van der Waals surface area contributed by atoms with Gasteiger partial charge in [0, 0.05) is 20.3 Å². The zero-order chi connectivity index (χ0) is 12.9. The second-order valence-electron chi connectivity index (χ2n) is 5.19. The molecular formula is C13H23N3O. The topological polar surface area (TPSA) is 47.0 Å². The lowest BCUT2D eigenvalue weighted by Gasteiger charge is -2.24. The van der Waals surface area contributed by atoms with E-state index in [0.29, 0.717) is 0 Å². The van der Waals surface area contributed by atoms with Gasteiger partial charge in [0.2, 0.25) is 0 Å². The molecule has 4 heteroatoms. The highest BCUT2D eigenvalue weighted by atomic mass is 16.5. The SMILES string of the molecule is COCCC(C)(C)CNc1cnc(C)c(C)n1. The summed E-state index contributed by atoms with van der Waals surface area (Å²) in [6.45, 7) is 10.0. The van der Waals surface area contributed by atoms with E-state index in [0.717, 1.165) is 36.8 Å². The van der Waals surface area contributed by atoms with E-state index in [9.17, 15) is 0 Å². The summed E-state index contributed by atoms with van der Waals surface area (Å²) in [7, 11) is 1.73. The molecule has 0 aliphatic carbocycles. The van der Waals surface area contributed by atoms with E-state index in [1.54, 1.807) is 13.3 Å². The molecule has 0 amide bonds. The van der Waals surface area contributed by atoms with Crippen LogP contribution in [0.5, 0.6) is 0 Å². The molecular weight excluding hydrogens is 214 g/mol. The summed E-state index contributed by atoms with van der Waals surface area (Å²) in [5.74, 6) is 0.846. The number of hydrogen-bond acceptors (Lipinski definition) is 4. The van der Waals surface area contributed by atoms with E-state index in [-0.39, 0.29) is 5.41 Å². The molecule has 0 spiro atoms. The van der Waals surface area contributed by atoms with Crippen molar-refractivity contribution in [3.8, 4) is 0 Å². The average Bonchev–Trinajstić information content (AvgIpc) is 2.28. The second-order valence-corrected chi connectivity index (χ2v) is 5.19. The monoisotopic (exact) mass is 237 g/mol. The summed E-state index contributed by atoms with van der Waals surface area (Å²) in [6.07, 6.45) is 2.81. The number of methoxy groups -OCH3 is 1. The number of nitrogens with zero attached hydrogens (tertiary/aromatic N) is 2. The van der Waals surface area contributed by atoms with Gasteiger partial charge in [-0.05, 0) is 25.7 Å². The Balaban J connectivity index is 2.51. The fourth-order valence-electron chi connectivity index (χ4n) is 1.42. The Morgan fingerprint density at radius 2 is 2.00 bits per heavy atom. The van der Waals surface area contributed by atoms with Crippen molar-refractivity contribution in [3.05, 3.63) is 17.6 Å². The number of ether oxygens (including phenoxy) is 1. The maximum absolute atomic E-state index is 5.11. The number of aromatic nitrogens is 2. The van der Waals surface area contributed by atoms with Crippen molar-refractivity contribution in [1.29, 1.82) is 0 Å². The Morgan fingerprint density at radius 3 is 2.59 bits per heavy atom. The van der Waals surface area contributed by atoms with E-state index in [4.69, 9.17) is 4.74 Å². The van der Waals surface area contributed by atoms with Crippen molar-refractivity contribution < 1.29 is 4.74 Å². The molecule has 0 atom stereocenters. The minimum atomic E-state index is 0.191. The van der Waals surface area contributed by atoms with E-state index in [1.807, 2.05) is 13.8 Å². The predicted octanol–water partition coefficient (Wildman–Crippen LogP) is 2.57. The van der Waals surface area contributed by atoms with Crippen LogP contribution in [-0.4, -0.2) is 30.2 Å². The minimum absolute atomic E-state index is 0.191. The van der Waals surface area contributed by atoms with Gasteiger partial charge in [0.05, 0.1) is 17.6 Å². The molecule has 1 N–H and O–H groups in total. The molecule has 0 fully saturated rings. The van der Waals surface area contributed by atoms with Gasteiger partial charge in [-0.1, -0.05) is 13.8 Å². The summed E-state index contributed by atoms with van der Waals surface area (Å²) in [5.41, 5.74) is 2.15. The number of aryl methyl sites for hydroxylation is 2. The normalized spacial score (nSPS) is 11.6. The number of nitrogens with one attached hydrogen (secondary N) is 1. The molecule has 1 rings (SSSR count). The van der Waals surface area contributed by atoms with Gasteiger partial charge in [0.1, 0.15) is 5.82 Å². The lowest BCUT2D eigenvalue weighted by atomic mass is 9.90. The first-order valence-electron chi connectivity index (χ1n) is 5.98. The predicted molar refractivity (Wildman–Crippen MR) is 70.3 cm³/mol. The van der Waals surface area contributed by atoms with Crippen molar-refractivity contribution in [2.24, 2.45) is 5.41 Å². The Labute approximate surface area is 104 Å². The van der Waals surface area contributed by atoms with Crippen molar-refractivity contribution in [3.63, 3.8) is 0 Å². The molecule has 0 unspecified atom stereocenters. The van der Waals surface area contributed by atoms with Crippen LogP contribution in [0.2, 0.25) is 0 Å². The summed E-state index contributed by atoms with van der Waals surface area (Å²) in [6, 6.07) is 0. The van der Waals surface area contributed by atoms with Crippen LogP contribution in [0.1, 0.15) is 31.7 Å². The smallest absolute Gasteiger partial charge is 0.144 e. The van der Waals surface area contributed by atoms with Crippen LogP contribution < -0.4 is 5.32 Å². The molecule has 0 saturated carbocycles. The van der Waals surface area contributed by atoms with E-state index in [1.165, 1.54) is 0 Å². The van der Waals surface area contributed by atoms with E-state index in [2.05, 4.69) is 29.1 Å². The molecule has 17 heavy (non-hydrogen) atoms. The molecule has 0 aliphatic rings. The van der Waals surface area contributed by atoms with Gasteiger partial charge < -0.3 is 10.1 Å². The third kappa shape index (κ3) is 4.69. The highest BCUT2D eigenvalue weighted by Crippen LogP contribution is 2.20. The molecule has 1 heterocycles. The lowest BCUT2D eigenvalue weighted by Crippen LogP contribution is -2.25. The third-order valence-corrected chi connectivity index (χ3v) is 2.92.